The molecule has 0 aromatic carbocycles. The quantitative estimate of drug-likeness (QED) is 0.818. The first-order valence-electron chi connectivity index (χ1n) is 7.53. The van der Waals surface area contributed by atoms with E-state index in [-0.39, 0.29) is 18.6 Å². The Hall–Kier alpha value is -0.850. The fraction of sp³-hybridized carbons (Fsp3) is 0.667. The molecule has 1 amide bonds. The molecular weight excluding hydrogens is 334 g/mol. The Morgan fingerprint density at radius 2 is 2.38 bits per heavy atom. The van der Waals surface area contributed by atoms with Gasteiger partial charge in [-0.2, -0.15) is 0 Å². The monoisotopic (exact) mass is 357 g/mol. The first-order chi connectivity index (χ1) is 10.0. The molecule has 1 atom stereocenters. The second kappa shape index (κ2) is 7.42. The largest absolute Gasteiger partial charge is 0.395 e. The second-order valence-electron chi connectivity index (χ2n) is 5.81. The molecule has 1 saturated heterocycles. The van der Waals surface area contributed by atoms with E-state index in [9.17, 15) is 9.90 Å². The summed E-state index contributed by atoms with van der Waals surface area (Å²) in [6.07, 6.45) is 4.17. The van der Waals surface area contributed by atoms with Crippen molar-refractivity contribution < 1.29 is 9.90 Å². The van der Waals surface area contributed by atoms with Crippen LogP contribution in [0.1, 0.15) is 43.2 Å². The number of aromatic nitrogens is 1. The van der Waals surface area contributed by atoms with Crippen molar-refractivity contribution in [2.45, 2.75) is 38.8 Å². The van der Waals surface area contributed by atoms with Gasteiger partial charge in [0.2, 0.25) is 0 Å². The first-order valence-corrected chi connectivity index (χ1v) is 8.33. The first kappa shape index (κ1) is 16.5. The van der Waals surface area contributed by atoms with E-state index in [0.29, 0.717) is 24.8 Å². The highest BCUT2D eigenvalue weighted by Gasteiger charge is 2.24. The van der Waals surface area contributed by atoms with Crippen LogP contribution in [-0.2, 0) is 0 Å². The van der Waals surface area contributed by atoms with Crippen molar-refractivity contribution in [3.63, 3.8) is 0 Å². The molecule has 2 heterocycles. The molecule has 1 aliphatic rings. The van der Waals surface area contributed by atoms with E-state index in [1.54, 1.807) is 4.90 Å². The lowest BCUT2D eigenvalue weighted by molar-refractivity contribution is 0.0694. The molecule has 0 aliphatic carbocycles. The van der Waals surface area contributed by atoms with Crippen LogP contribution in [0.4, 0.5) is 0 Å². The maximum absolute atomic E-state index is 12.8. The Labute approximate surface area is 134 Å². The number of halogens is 1. The predicted octanol–water partition coefficient (Wildman–Crippen LogP) is 2.02. The summed E-state index contributed by atoms with van der Waals surface area (Å²) in [4.78, 5) is 14.6. The number of aliphatic hydroxyl groups is 1. The highest BCUT2D eigenvalue weighted by atomic mass is 79.9. The molecule has 118 valence electrons. The van der Waals surface area contributed by atoms with Crippen molar-refractivity contribution in [3.8, 4) is 0 Å². The van der Waals surface area contributed by atoms with Gasteiger partial charge in [0, 0.05) is 35.8 Å². The van der Waals surface area contributed by atoms with Gasteiger partial charge in [-0.05, 0) is 55.2 Å². The van der Waals surface area contributed by atoms with Gasteiger partial charge in [-0.1, -0.05) is 0 Å². The summed E-state index contributed by atoms with van der Waals surface area (Å²) < 4.78 is 2.88. The average molecular weight is 358 g/mol. The van der Waals surface area contributed by atoms with Gasteiger partial charge in [0.25, 0.3) is 5.91 Å². The smallest absolute Gasteiger partial charge is 0.270 e. The summed E-state index contributed by atoms with van der Waals surface area (Å²) in [6.45, 7) is 6.14. The van der Waals surface area contributed by atoms with Crippen LogP contribution in [0, 0.1) is 0 Å². The van der Waals surface area contributed by atoms with Crippen LogP contribution in [0.3, 0.4) is 0 Å². The predicted molar refractivity (Wildman–Crippen MR) is 86.5 cm³/mol. The Morgan fingerprint density at radius 3 is 2.95 bits per heavy atom. The lowest BCUT2D eigenvalue weighted by atomic mass is 10.2. The molecule has 1 aromatic rings. The topological polar surface area (TPSA) is 57.5 Å². The lowest BCUT2D eigenvalue weighted by Gasteiger charge is -2.26. The molecule has 2 N–H and O–H groups in total. The molecule has 0 bridgehead atoms. The van der Waals surface area contributed by atoms with Crippen LogP contribution >= 0.6 is 15.9 Å². The van der Waals surface area contributed by atoms with Crippen LogP contribution in [0.15, 0.2) is 16.7 Å². The SMILES string of the molecule is CC(C)n1cc(Br)cc1C(=O)N(CCO)CC1CCCN1. The molecule has 5 nitrogen and oxygen atoms in total. The zero-order valence-corrected chi connectivity index (χ0v) is 14.3. The lowest BCUT2D eigenvalue weighted by Crippen LogP contribution is -2.43. The maximum Gasteiger partial charge on any atom is 0.270 e. The number of carbonyl (C=O) groups is 1. The fourth-order valence-corrected chi connectivity index (χ4v) is 3.22. The number of nitrogens with zero attached hydrogens (tertiary/aromatic N) is 2. The van der Waals surface area contributed by atoms with Crippen LogP contribution < -0.4 is 5.32 Å². The molecule has 2 rings (SSSR count). The van der Waals surface area contributed by atoms with Crippen molar-refractivity contribution in [3.05, 3.63) is 22.4 Å². The van der Waals surface area contributed by atoms with Gasteiger partial charge in [0.1, 0.15) is 5.69 Å². The van der Waals surface area contributed by atoms with Crippen molar-refractivity contribution in [1.29, 1.82) is 0 Å². The van der Waals surface area contributed by atoms with E-state index in [2.05, 4.69) is 35.1 Å². The van der Waals surface area contributed by atoms with Crippen molar-refractivity contribution >= 4 is 21.8 Å². The summed E-state index contributed by atoms with van der Waals surface area (Å²) in [6, 6.07) is 2.41. The molecule has 1 aliphatic heterocycles. The number of rotatable bonds is 6. The van der Waals surface area contributed by atoms with Crippen LogP contribution in [0.2, 0.25) is 0 Å². The summed E-state index contributed by atoms with van der Waals surface area (Å²) >= 11 is 3.44. The van der Waals surface area contributed by atoms with Crippen LogP contribution in [0.5, 0.6) is 0 Å². The minimum absolute atomic E-state index is 0.0119. The highest BCUT2D eigenvalue weighted by molar-refractivity contribution is 9.10. The van der Waals surface area contributed by atoms with Crippen LogP contribution in [0.25, 0.3) is 0 Å². The Morgan fingerprint density at radius 1 is 1.62 bits per heavy atom. The van der Waals surface area contributed by atoms with E-state index in [1.165, 1.54) is 0 Å². The molecule has 21 heavy (non-hydrogen) atoms. The molecule has 0 radical (unpaired) electrons. The van der Waals surface area contributed by atoms with Gasteiger partial charge >= 0.3 is 0 Å². The normalized spacial score (nSPS) is 18.4. The van der Waals surface area contributed by atoms with Crippen molar-refractivity contribution in [2.75, 3.05) is 26.2 Å². The Bertz CT molecular complexity index is 481. The molecule has 0 spiro atoms. The van der Waals surface area contributed by atoms with E-state index in [1.807, 2.05) is 16.8 Å². The minimum Gasteiger partial charge on any atom is -0.395 e. The van der Waals surface area contributed by atoms with Gasteiger partial charge < -0.3 is 19.9 Å². The molecule has 6 heteroatoms. The van der Waals surface area contributed by atoms with Gasteiger partial charge in [-0.25, -0.2) is 0 Å². The van der Waals surface area contributed by atoms with Gasteiger partial charge in [0.05, 0.1) is 6.61 Å². The van der Waals surface area contributed by atoms with E-state index in [0.717, 1.165) is 23.9 Å². The number of hydrogen-bond acceptors (Lipinski definition) is 3. The molecule has 0 saturated carbocycles. The van der Waals surface area contributed by atoms with Gasteiger partial charge in [0.15, 0.2) is 0 Å². The Kier molecular flexibility index (Phi) is 5.84. The highest BCUT2D eigenvalue weighted by Crippen LogP contribution is 2.21. The third-order valence-electron chi connectivity index (χ3n) is 3.85. The van der Waals surface area contributed by atoms with E-state index >= 15 is 0 Å². The summed E-state index contributed by atoms with van der Waals surface area (Å²) in [7, 11) is 0. The van der Waals surface area contributed by atoms with E-state index in [4.69, 9.17) is 0 Å². The number of hydrogen-bond donors (Lipinski definition) is 2. The minimum atomic E-state index is -0.0165. The molecular formula is C15H24BrN3O2. The van der Waals surface area contributed by atoms with Crippen molar-refractivity contribution in [2.24, 2.45) is 0 Å². The summed E-state index contributed by atoms with van der Waals surface area (Å²) in [5.41, 5.74) is 0.670. The number of amides is 1. The number of nitrogens with one attached hydrogen (secondary N) is 1. The van der Waals surface area contributed by atoms with Crippen molar-refractivity contribution in [1.82, 2.24) is 14.8 Å². The summed E-state index contributed by atoms with van der Waals surface area (Å²) in [5.74, 6) is -0.0165. The van der Waals surface area contributed by atoms with Gasteiger partial charge in [-0.15, -0.1) is 0 Å². The third kappa shape index (κ3) is 4.08. The fourth-order valence-electron chi connectivity index (χ4n) is 2.78. The number of carbonyl (C=O) groups excluding carboxylic acids is 1. The molecule has 1 fully saturated rings. The average Bonchev–Trinajstić information content (AvgIpc) is 3.06. The standard InChI is InChI=1S/C15H24BrN3O2/c1-11(2)19-9-12(16)8-14(19)15(21)18(6-7-20)10-13-4-3-5-17-13/h8-9,11,13,17,20H,3-7,10H2,1-2H3. The third-order valence-corrected chi connectivity index (χ3v) is 4.28. The second-order valence-corrected chi connectivity index (χ2v) is 6.73. The zero-order chi connectivity index (χ0) is 15.4. The van der Waals surface area contributed by atoms with Crippen LogP contribution in [-0.4, -0.2) is 52.8 Å². The Balaban J connectivity index is 2.17. The summed E-state index contributed by atoms with van der Waals surface area (Å²) in [5, 5.41) is 12.7. The van der Waals surface area contributed by atoms with Gasteiger partial charge in [-0.3, -0.25) is 4.79 Å². The zero-order valence-electron chi connectivity index (χ0n) is 12.7. The maximum atomic E-state index is 12.8. The number of aliphatic hydroxyl groups excluding tert-OH is 1. The van der Waals surface area contributed by atoms with E-state index < -0.39 is 0 Å². The molecule has 1 unspecified atom stereocenters. The molecule has 1 aromatic heterocycles.